The standard InChI is InChI=1S/K.H2O4S.O.V/c;1-5(2,3)4;;/h;(H2,1,2,3,4);;/q+1;;-2;/p-2. The molecule has 0 heterocycles. The zero-order valence-electron chi connectivity index (χ0n) is 3.90. The first-order valence-electron chi connectivity index (χ1n) is 0.667. The van der Waals surface area contributed by atoms with E-state index in [1.807, 2.05) is 0 Å². The fraction of sp³-hybridized carbons (Fsp3) is 0. The van der Waals surface area contributed by atoms with Crippen LogP contribution in [0.4, 0.5) is 0 Å². The van der Waals surface area contributed by atoms with Crippen molar-refractivity contribution in [2.75, 3.05) is 0 Å². The molecule has 0 N–H and O–H groups in total. The molecule has 0 aromatic heterocycles. The van der Waals surface area contributed by atoms with Crippen molar-refractivity contribution in [2.45, 2.75) is 0 Å². The average Bonchev–Trinajstić information content (AvgIpc) is 0.722. The van der Waals surface area contributed by atoms with Gasteiger partial charge in [-0.3, -0.25) is 8.42 Å². The first kappa shape index (κ1) is 22.5. The molecule has 0 fully saturated rings. The fourth-order valence-corrected chi connectivity index (χ4v) is 0. The van der Waals surface area contributed by atoms with Gasteiger partial charge >= 0.3 is 51.4 Å². The Bertz CT molecular complexity index is 95.6. The third-order valence-corrected chi connectivity index (χ3v) is 0. The van der Waals surface area contributed by atoms with Crippen LogP contribution in [0, 0.1) is 0 Å². The predicted octanol–water partition coefficient (Wildman–Crippen LogP) is -4.46. The van der Waals surface area contributed by atoms with Crippen molar-refractivity contribution >= 4 is 10.4 Å². The molecule has 0 saturated heterocycles. The molecule has 0 bridgehead atoms. The van der Waals surface area contributed by atoms with Crippen molar-refractivity contribution < 1.29 is 92.9 Å². The molecular weight excluding hydrogens is 202 g/mol. The van der Waals surface area contributed by atoms with E-state index in [2.05, 4.69) is 0 Å². The molecule has 0 saturated carbocycles. The molecule has 0 atom stereocenters. The second-order valence-electron chi connectivity index (χ2n) is 0.408. The molecular formula is KO5SV-3. The van der Waals surface area contributed by atoms with Gasteiger partial charge in [0.05, 0.1) is 0 Å². The van der Waals surface area contributed by atoms with E-state index >= 15 is 0 Å². The summed E-state index contributed by atoms with van der Waals surface area (Å²) < 4.78 is 34.1. The molecule has 0 rings (SSSR count). The summed E-state index contributed by atoms with van der Waals surface area (Å²) in [6.07, 6.45) is 0. The summed E-state index contributed by atoms with van der Waals surface area (Å²) in [5, 5.41) is 0. The summed E-state index contributed by atoms with van der Waals surface area (Å²) in [6.45, 7) is 0. The van der Waals surface area contributed by atoms with Crippen LogP contribution in [0.15, 0.2) is 0 Å². The van der Waals surface area contributed by atoms with Crippen molar-refractivity contribution in [2.24, 2.45) is 0 Å². The van der Waals surface area contributed by atoms with E-state index in [9.17, 15) is 0 Å². The van der Waals surface area contributed by atoms with Crippen LogP contribution >= 0.6 is 0 Å². The van der Waals surface area contributed by atoms with Gasteiger partial charge < -0.3 is 14.6 Å². The average molecular weight is 202 g/mol. The molecule has 45 valence electrons. The number of rotatable bonds is 0. The largest absolute Gasteiger partial charge is 2.00 e. The van der Waals surface area contributed by atoms with Crippen molar-refractivity contribution in [3.63, 3.8) is 0 Å². The normalized spacial score (nSPS) is 7.25. The smallest absolute Gasteiger partial charge is 1.00 e. The van der Waals surface area contributed by atoms with Gasteiger partial charge in [-0.15, -0.1) is 0 Å². The van der Waals surface area contributed by atoms with Crippen molar-refractivity contribution in [1.82, 2.24) is 0 Å². The maximum absolute atomic E-state index is 8.52. The van der Waals surface area contributed by atoms with E-state index in [1.165, 1.54) is 0 Å². The molecule has 0 aliphatic carbocycles. The predicted molar refractivity (Wildman–Crippen MR) is 11.2 cm³/mol. The molecule has 0 spiro atoms. The Morgan fingerprint density at radius 2 is 1.12 bits per heavy atom. The second-order valence-corrected chi connectivity index (χ2v) is 1.22. The summed E-state index contributed by atoms with van der Waals surface area (Å²) in [4.78, 5) is 0. The molecule has 0 aromatic carbocycles. The monoisotopic (exact) mass is 202 g/mol. The first-order chi connectivity index (χ1) is 2.00. The molecule has 8 heteroatoms. The topological polar surface area (TPSA) is 109 Å². The van der Waals surface area contributed by atoms with Crippen molar-refractivity contribution in [1.29, 1.82) is 0 Å². The summed E-state index contributed by atoms with van der Waals surface area (Å²) >= 11 is 0. The van der Waals surface area contributed by atoms with E-state index in [1.54, 1.807) is 0 Å². The molecule has 0 amide bonds. The molecule has 0 aliphatic rings. The Kier molecular flexibility index (Phi) is 25.4. The van der Waals surface area contributed by atoms with E-state index in [0.29, 0.717) is 0 Å². The van der Waals surface area contributed by atoms with Gasteiger partial charge in [-0.05, 0) is 0 Å². The van der Waals surface area contributed by atoms with Crippen LogP contribution in [0.1, 0.15) is 0 Å². The third kappa shape index (κ3) is 95.2. The molecule has 0 aromatic rings. The van der Waals surface area contributed by atoms with Gasteiger partial charge in [0.2, 0.25) is 0 Å². The minimum absolute atomic E-state index is 0. The molecule has 0 aliphatic heterocycles. The Morgan fingerprint density at radius 3 is 1.12 bits per heavy atom. The quantitative estimate of drug-likeness (QED) is 0.224. The summed E-state index contributed by atoms with van der Waals surface area (Å²) in [5.74, 6) is 0. The van der Waals surface area contributed by atoms with E-state index in [4.69, 9.17) is 17.5 Å². The van der Waals surface area contributed by atoms with Gasteiger partial charge in [-0.1, -0.05) is 0 Å². The maximum atomic E-state index is 8.52. The van der Waals surface area contributed by atoms with Crippen LogP contribution in [0.25, 0.3) is 0 Å². The zero-order valence-corrected chi connectivity index (χ0v) is 9.23. The fourth-order valence-electron chi connectivity index (χ4n) is 0. The van der Waals surface area contributed by atoms with Gasteiger partial charge in [0.25, 0.3) is 0 Å². The van der Waals surface area contributed by atoms with Crippen LogP contribution in [-0.4, -0.2) is 17.5 Å². The Labute approximate surface area is 101 Å². The summed E-state index contributed by atoms with van der Waals surface area (Å²) in [7, 11) is -5.17. The van der Waals surface area contributed by atoms with Crippen molar-refractivity contribution in [3.8, 4) is 0 Å². The Hall–Kier alpha value is 2.05. The van der Waals surface area contributed by atoms with Crippen molar-refractivity contribution in [3.05, 3.63) is 0 Å². The van der Waals surface area contributed by atoms with Gasteiger partial charge in [-0.2, -0.15) is 0 Å². The Balaban J connectivity index is -0.0000000267. The Morgan fingerprint density at radius 1 is 1.12 bits per heavy atom. The summed E-state index contributed by atoms with van der Waals surface area (Å²) in [5.41, 5.74) is 0. The van der Waals surface area contributed by atoms with E-state index < -0.39 is 10.4 Å². The molecule has 8 heavy (non-hydrogen) atoms. The van der Waals surface area contributed by atoms with Gasteiger partial charge in [0.15, 0.2) is 0 Å². The SMILES string of the molecule is O=S(=O)([O-])[O-].[K+].[O-2].[V]. The van der Waals surface area contributed by atoms with Crippen LogP contribution in [0.2, 0.25) is 0 Å². The van der Waals surface area contributed by atoms with Gasteiger partial charge in [0, 0.05) is 29.0 Å². The van der Waals surface area contributed by atoms with Crippen LogP contribution in [0.3, 0.4) is 0 Å². The van der Waals surface area contributed by atoms with E-state index in [-0.39, 0.29) is 75.4 Å². The van der Waals surface area contributed by atoms with Gasteiger partial charge in [-0.25, -0.2) is 0 Å². The molecule has 5 nitrogen and oxygen atoms in total. The second kappa shape index (κ2) is 9.05. The number of hydrogen-bond donors (Lipinski definition) is 0. The minimum atomic E-state index is -5.17. The van der Waals surface area contributed by atoms with Crippen LogP contribution in [-0.2, 0) is 34.4 Å². The van der Waals surface area contributed by atoms with Gasteiger partial charge in [0.1, 0.15) is 0 Å². The summed E-state index contributed by atoms with van der Waals surface area (Å²) in [6, 6.07) is 0. The third-order valence-electron chi connectivity index (χ3n) is 0. The van der Waals surface area contributed by atoms with Crippen LogP contribution < -0.4 is 51.4 Å². The first-order valence-corrected chi connectivity index (χ1v) is 2.00. The van der Waals surface area contributed by atoms with Crippen LogP contribution in [0.5, 0.6) is 0 Å². The minimum Gasteiger partial charge on any atom is -2.00 e. The number of hydrogen-bond acceptors (Lipinski definition) is 4. The maximum Gasteiger partial charge on any atom is 1.00 e. The molecule has 1 radical (unpaired) electrons. The zero-order chi connectivity index (χ0) is 4.50. The van der Waals surface area contributed by atoms with E-state index in [0.717, 1.165) is 0 Å². The molecule has 0 unspecified atom stereocenters.